The zero-order valence-electron chi connectivity index (χ0n) is 11.4. The average molecular weight is 343 g/mol. The second kappa shape index (κ2) is 8.58. The lowest BCUT2D eigenvalue weighted by atomic mass is 10.2. The highest BCUT2D eigenvalue weighted by atomic mass is 79.9. The number of hydrogen-bond acceptors (Lipinski definition) is 2. The third kappa shape index (κ3) is 5.61. The molecule has 0 atom stereocenters. The highest BCUT2D eigenvalue weighted by Crippen LogP contribution is 2.21. The Kier molecular flexibility index (Phi) is 7.08. The fourth-order valence-corrected chi connectivity index (χ4v) is 2.09. The second-order valence-electron chi connectivity index (χ2n) is 4.44. The van der Waals surface area contributed by atoms with E-state index in [-0.39, 0.29) is 17.3 Å². The van der Waals surface area contributed by atoms with Crippen molar-refractivity contribution >= 4 is 33.6 Å². The maximum atomic E-state index is 11.7. The maximum Gasteiger partial charge on any atom is 0.337 e. The van der Waals surface area contributed by atoms with E-state index in [1.54, 1.807) is 12.1 Å². The van der Waals surface area contributed by atoms with Crippen LogP contribution in [-0.2, 0) is 0 Å². The molecule has 2 amide bonds. The summed E-state index contributed by atoms with van der Waals surface area (Å²) in [5, 5.41) is 14.3. The molecule has 1 rings (SSSR count). The summed E-state index contributed by atoms with van der Waals surface area (Å²) < 4.78 is 0.709. The number of rotatable bonds is 7. The van der Waals surface area contributed by atoms with Crippen molar-refractivity contribution in [3.8, 4) is 0 Å². The van der Waals surface area contributed by atoms with Gasteiger partial charge >= 0.3 is 12.0 Å². The molecule has 0 heterocycles. The number of amides is 2. The highest BCUT2D eigenvalue weighted by Gasteiger charge is 2.12. The minimum atomic E-state index is -1.07. The molecule has 0 saturated heterocycles. The third-order valence-electron chi connectivity index (χ3n) is 2.78. The van der Waals surface area contributed by atoms with Crippen LogP contribution in [0, 0.1) is 0 Å². The van der Waals surface area contributed by atoms with Crippen LogP contribution in [0.15, 0.2) is 22.7 Å². The van der Waals surface area contributed by atoms with E-state index in [1.165, 1.54) is 6.07 Å². The SMILES string of the molecule is CCCCCCNC(=O)Nc1cc(Br)ccc1C(=O)O. The Morgan fingerprint density at radius 2 is 2.00 bits per heavy atom. The summed E-state index contributed by atoms with van der Waals surface area (Å²) in [6.45, 7) is 2.71. The van der Waals surface area contributed by atoms with Crippen LogP contribution in [0.4, 0.5) is 10.5 Å². The van der Waals surface area contributed by atoms with Crippen LogP contribution in [0.5, 0.6) is 0 Å². The second-order valence-corrected chi connectivity index (χ2v) is 5.35. The van der Waals surface area contributed by atoms with Crippen molar-refractivity contribution in [3.05, 3.63) is 28.2 Å². The molecule has 0 spiro atoms. The van der Waals surface area contributed by atoms with Crippen molar-refractivity contribution in [2.75, 3.05) is 11.9 Å². The monoisotopic (exact) mass is 342 g/mol. The molecular formula is C14H19BrN2O3. The van der Waals surface area contributed by atoms with Gasteiger partial charge in [-0.05, 0) is 24.6 Å². The van der Waals surface area contributed by atoms with Crippen molar-refractivity contribution in [2.24, 2.45) is 0 Å². The summed E-state index contributed by atoms with van der Waals surface area (Å²) in [4.78, 5) is 22.8. The topological polar surface area (TPSA) is 78.4 Å². The Bertz CT molecular complexity index is 477. The lowest BCUT2D eigenvalue weighted by molar-refractivity contribution is 0.0698. The van der Waals surface area contributed by atoms with Gasteiger partial charge in [-0.15, -0.1) is 0 Å². The van der Waals surface area contributed by atoms with Gasteiger partial charge in [0.25, 0.3) is 0 Å². The number of carboxylic acid groups (broad SMARTS) is 1. The van der Waals surface area contributed by atoms with Crippen molar-refractivity contribution in [1.29, 1.82) is 0 Å². The van der Waals surface area contributed by atoms with E-state index in [0.29, 0.717) is 11.0 Å². The van der Waals surface area contributed by atoms with Gasteiger partial charge in [0.1, 0.15) is 0 Å². The molecule has 6 heteroatoms. The number of benzene rings is 1. The minimum absolute atomic E-state index is 0.0642. The van der Waals surface area contributed by atoms with E-state index in [9.17, 15) is 9.59 Å². The van der Waals surface area contributed by atoms with Gasteiger partial charge in [0, 0.05) is 11.0 Å². The number of halogens is 1. The first-order valence-corrected chi connectivity index (χ1v) is 7.41. The van der Waals surface area contributed by atoms with E-state index in [0.717, 1.165) is 25.7 Å². The summed E-state index contributed by atoms with van der Waals surface area (Å²) in [7, 11) is 0. The number of anilines is 1. The Balaban J connectivity index is 2.53. The molecule has 0 unspecified atom stereocenters. The molecule has 20 heavy (non-hydrogen) atoms. The molecule has 0 aliphatic heterocycles. The fraction of sp³-hybridized carbons (Fsp3) is 0.429. The predicted octanol–water partition coefficient (Wildman–Crippen LogP) is 3.85. The molecule has 0 saturated carbocycles. The molecule has 0 aliphatic carbocycles. The van der Waals surface area contributed by atoms with Gasteiger partial charge < -0.3 is 15.7 Å². The maximum absolute atomic E-state index is 11.7. The van der Waals surface area contributed by atoms with Crippen LogP contribution in [0.25, 0.3) is 0 Å². The summed E-state index contributed by atoms with van der Waals surface area (Å²) in [5.41, 5.74) is 0.340. The van der Waals surface area contributed by atoms with Crippen molar-refractivity contribution in [2.45, 2.75) is 32.6 Å². The number of aromatic carboxylic acids is 1. The summed E-state index contributed by atoms with van der Waals surface area (Å²) in [5.74, 6) is -1.07. The van der Waals surface area contributed by atoms with Crippen molar-refractivity contribution < 1.29 is 14.7 Å². The van der Waals surface area contributed by atoms with Crippen LogP contribution in [0.1, 0.15) is 43.0 Å². The normalized spacial score (nSPS) is 10.1. The van der Waals surface area contributed by atoms with E-state index >= 15 is 0 Å². The number of urea groups is 1. The molecule has 3 N–H and O–H groups in total. The molecule has 5 nitrogen and oxygen atoms in total. The largest absolute Gasteiger partial charge is 0.478 e. The molecule has 0 radical (unpaired) electrons. The van der Waals surface area contributed by atoms with E-state index in [1.807, 2.05) is 0 Å². The van der Waals surface area contributed by atoms with Crippen LogP contribution in [0.2, 0.25) is 0 Å². The summed E-state index contributed by atoms with van der Waals surface area (Å²) >= 11 is 3.25. The Hall–Kier alpha value is -1.56. The molecule has 0 bridgehead atoms. The van der Waals surface area contributed by atoms with Crippen molar-refractivity contribution in [3.63, 3.8) is 0 Å². The van der Waals surface area contributed by atoms with Gasteiger partial charge in [-0.2, -0.15) is 0 Å². The first kappa shape index (κ1) is 16.5. The predicted molar refractivity (Wildman–Crippen MR) is 82.3 cm³/mol. The first-order valence-electron chi connectivity index (χ1n) is 6.62. The number of carboxylic acids is 1. The Morgan fingerprint density at radius 3 is 2.65 bits per heavy atom. The number of carbonyl (C=O) groups excluding carboxylic acids is 1. The standard InChI is InChI=1S/C14H19BrN2O3/c1-2-3-4-5-8-16-14(20)17-12-9-10(15)6-7-11(12)13(18)19/h6-7,9H,2-5,8H2,1H3,(H,18,19)(H2,16,17,20). The number of nitrogens with one attached hydrogen (secondary N) is 2. The quantitative estimate of drug-likeness (QED) is 0.658. The molecular weight excluding hydrogens is 324 g/mol. The zero-order chi connectivity index (χ0) is 15.0. The molecule has 1 aromatic carbocycles. The van der Waals surface area contributed by atoms with Crippen LogP contribution in [-0.4, -0.2) is 23.7 Å². The average Bonchev–Trinajstić information content (AvgIpc) is 2.38. The fourth-order valence-electron chi connectivity index (χ4n) is 1.73. The lowest BCUT2D eigenvalue weighted by Crippen LogP contribution is -2.30. The first-order chi connectivity index (χ1) is 9.54. The number of unbranched alkanes of at least 4 members (excludes halogenated alkanes) is 3. The van der Waals surface area contributed by atoms with Gasteiger partial charge in [-0.25, -0.2) is 9.59 Å². The van der Waals surface area contributed by atoms with E-state index in [4.69, 9.17) is 5.11 Å². The van der Waals surface area contributed by atoms with E-state index in [2.05, 4.69) is 33.5 Å². The molecule has 1 aromatic rings. The van der Waals surface area contributed by atoms with E-state index < -0.39 is 5.97 Å². The Morgan fingerprint density at radius 1 is 1.25 bits per heavy atom. The number of hydrogen-bond donors (Lipinski definition) is 3. The van der Waals surface area contributed by atoms with Crippen LogP contribution >= 0.6 is 15.9 Å². The van der Waals surface area contributed by atoms with Gasteiger partial charge in [0.15, 0.2) is 0 Å². The highest BCUT2D eigenvalue weighted by molar-refractivity contribution is 9.10. The minimum Gasteiger partial charge on any atom is -0.478 e. The summed E-state index contributed by atoms with van der Waals surface area (Å²) in [6, 6.07) is 4.25. The molecule has 110 valence electrons. The van der Waals surface area contributed by atoms with Crippen molar-refractivity contribution in [1.82, 2.24) is 5.32 Å². The Labute approximate surface area is 126 Å². The number of carbonyl (C=O) groups is 2. The molecule has 0 fully saturated rings. The summed E-state index contributed by atoms with van der Waals surface area (Å²) in [6.07, 6.45) is 4.30. The third-order valence-corrected chi connectivity index (χ3v) is 3.27. The van der Waals surface area contributed by atoms with Crippen LogP contribution in [0.3, 0.4) is 0 Å². The lowest BCUT2D eigenvalue weighted by Gasteiger charge is -2.10. The van der Waals surface area contributed by atoms with Gasteiger partial charge in [-0.1, -0.05) is 42.1 Å². The molecule has 0 aromatic heterocycles. The van der Waals surface area contributed by atoms with Gasteiger partial charge in [0.2, 0.25) is 0 Å². The van der Waals surface area contributed by atoms with Gasteiger partial charge in [-0.3, -0.25) is 0 Å². The molecule has 0 aliphatic rings. The smallest absolute Gasteiger partial charge is 0.337 e. The van der Waals surface area contributed by atoms with Gasteiger partial charge in [0.05, 0.1) is 11.3 Å². The zero-order valence-corrected chi connectivity index (χ0v) is 13.0. The van der Waals surface area contributed by atoms with Crippen LogP contribution < -0.4 is 10.6 Å².